The Morgan fingerprint density at radius 3 is 2.58 bits per heavy atom. The molecule has 1 heterocycles. The number of nitrogens with one attached hydrogen (secondary N) is 1. The SMILES string of the molecule is CC(C)(C)c1noc(CCCC(=O)NCc2ccccc2CO)n1. The van der Waals surface area contributed by atoms with Crippen LogP contribution in [0.5, 0.6) is 0 Å². The number of aryl methyl sites for hydroxylation is 1. The first-order valence-corrected chi connectivity index (χ1v) is 8.17. The third-order valence-corrected chi connectivity index (χ3v) is 3.70. The summed E-state index contributed by atoms with van der Waals surface area (Å²) < 4.78 is 5.21. The molecule has 0 unspecified atom stereocenters. The molecule has 1 aromatic heterocycles. The highest BCUT2D eigenvalue weighted by Crippen LogP contribution is 2.18. The number of nitrogens with zero attached hydrogens (tertiary/aromatic N) is 2. The minimum atomic E-state index is -0.140. The third-order valence-electron chi connectivity index (χ3n) is 3.70. The summed E-state index contributed by atoms with van der Waals surface area (Å²) >= 11 is 0. The second kappa shape index (κ2) is 8.06. The summed E-state index contributed by atoms with van der Waals surface area (Å²) in [7, 11) is 0. The topological polar surface area (TPSA) is 88.2 Å². The predicted octanol–water partition coefficient (Wildman–Crippen LogP) is 2.50. The van der Waals surface area contributed by atoms with Gasteiger partial charge in [-0.25, -0.2) is 0 Å². The minimum absolute atomic E-state index is 0.0285. The van der Waals surface area contributed by atoms with Crippen LogP contribution in [-0.2, 0) is 29.8 Å². The molecule has 0 saturated heterocycles. The first kappa shape index (κ1) is 18.1. The molecule has 6 nitrogen and oxygen atoms in total. The summed E-state index contributed by atoms with van der Waals surface area (Å²) in [6.07, 6.45) is 1.64. The van der Waals surface area contributed by atoms with Crippen molar-refractivity contribution in [2.75, 3.05) is 0 Å². The summed E-state index contributed by atoms with van der Waals surface area (Å²) in [5.41, 5.74) is 1.62. The monoisotopic (exact) mass is 331 g/mol. The van der Waals surface area contributed by atoms with E-state index in [9.17, 15) is 9.90 Å². The normalized spacial score (nSPS) is 11.5. The van der Waals surface area contributed by atoms with Crippen LogP contribution in [0.2, 0.25) is 0 Å². The number of benzene rings is 1. The van der Waals surface area contributed by atoms with Crippen LogP contribution in [0.15, 0.2) is 28.8 Å². The lowest BCUT2D eigenvalue weighted by atomic mass is 9.96. The molecule has 0 fully saturated rings. The number of aromatic nitrogens is 2. The second-order valence-corrected chi connectivity index (χ2v) is 6.82. The maximum Gasteiger partial charge on any atom is 0.226 e. The van der Waals surface area contributed by atoms with E-state index in [2.05, 4.69) is 15.5 Å². The van der Waals surface area contributed by atoms with Crippen molar-refractivity contribution >= 4 is 5.91 Å². The molecule has 0 radical (unpaired) electrons. The fourth-order valence-electron chi connectivity index (χ4n) is 2.23. The van der Waals surface area contributed by atoms with Crippen molar-refractivity contribution in [3.63, 3.8) is 0 Å². The summed E-state index contributed by atoms with van der Waals surface area (Å²) in [5, 5.41) is 16.1. The molecule has 2 aromatic rings. The lowest BCUT2D eigenvalue weighted by molar-refractivity contribution is -0.121. The average molecular weight is 331 g/mol. The van der Waals surface area contributed by atoms with Crippen molar-refractivity contribution in [2.45, 2.75) is 58.6 Å². The summed E-state index contributed by atoms with van der Waals surface area (Å²) in [4.78, 5) is 16.3. The smallest absolute Gasteiger partial charge is 0.226 e. The van der Waals surface area contributed by atoms with Gasteiger partial charge in [-0.15, -0.1) is 0 Å². The van der Waals surface area contributed by atoms with Crippen molar-refractivity contribution in [1.82, 2.24) is 15.5 Å². The van der Waals surface area contributed by atoms with Gasteiger partial charge in [-0.2, -0.15) is 4.98 Å². The van der Waals surface area contributed by atoms with E-state index >= 15 is 0 Å². The Kier molecular flexibility index (Phi) is 6.09. The van der Waals surface area contributed by atoms with Gasteiger partial charge in [0.2, 0.25) is 11.8 Å². The van der Waals surface area contributed by atoms with Crippen LogP contribution in [0, 0.1) is 0 Å². The van der Waals surface area contributed by atoms with Crippen LogP contribution < -0.4 is 5.32 Å². The molecular formula is C18H25N3O3. The maximum atomic E-state index is 11.9. The molecule has 24 heavy (non-hydrogen) atoms. The molecule has 1 aromatic carbocycles. The van der Waals surface area contributed by atoms with Gasteiger partial charge in [-0.05, 0) is 17.5 Å². The zero-order valence-electron chi connectivity index (χ0n) is 14.5. The van der Waals surface area contributed by atoms with Gasteiger partial charge in [-0.1, -0.05) is 50.2 Å². The maximum absolute atomic E-state index is 11.9. The Labute approximate surface area is 142 Å². The number of rotatable bonds is 7. The average Bonchev–Trinajstić information content (AvgIpc) is 3.02. The summed E-state index contributed by atoms with van der Waals surface area (Å²) in [5.74, 6) is 1.22. The van der Waals surface area contributed by atoms with E-state index in [1.807, 2.05) is 45.0 Å². The number of amides is 1. The van der Waals surface area contributed by atoms with E-state index in [1.165, 1.54) is 0 Å². The molecule has 0 saturated carbocycles. The van der Waals surface area contributed by atoms with Crippen LogP contribution in [-0.4, -0.2) is 21.2 Å². The molecule has 6 heteroatoms. The van der Waals surface area contributed by atoms with Crippen LogP contribution in [0.1, 0.15) is 56.5 Å². The van der Waals surface area contributed by atoms with Crippen molar-refractivity contribution < 1.29 is 14.4 Å². The third kappa shape index (κ3) is 5.16. The fraction of sp³-hybridized carbons (Fsp3) is 0.500. The lowest BCUT2D eigenvalue weighted by Gasteiger charge is -2.10. The molecule has 1 amide bonds. The molecule has 130 valence electrons. The highest BCUT2D eigenvalue weighted by molar-refractivity contribution is 5.75. The van der Waals surface area contributed by atoms with Gasteiger partial charge >= 0.3 is 0 Å². The van der Waals surface area contributed by atoms with E-state index < -0.39 is 0 Å². The molecule has 0 aliphatic rings. The first-order chi connectivity index (χ1) is 11.4. The van der Waals surface area contributed by atoms with Gasteiger partial charge in [-0.3, -0.25) is 4.79 Å². The molecule has 0 aliphatic heterocycles. The molecule has 0 atom stereocenters. The predicted molar refractivity (Wildman–Crippen MR) is 90.1 cm³/mol. The summed E-state index contributed by atoms with van der Waals surface area (Å²) in [6.45, 7) is 6.47. The van der Waals surface area contributed by atoms with Crippen molar-refractivity contribution in [3.05, 3.63) is 47.1 Å². The van der Waals surface area contributed by atoms with Crippen molar-refractivity contribution in [1.29, 1.82) is 0 Å². The molecule has 0 bridgehead atoms. The lowest BCUT2D eigenvalue weighted by Crippen LogP contribution is -2.23. The van der Waals surface area contributed by atoms with Crippen LogP contribution >= 0.6 is 0 Å². The number of hydrogen-bond acceptors (Lipinski definition) is 5. The van der Waals surface area contributed by atoms with Gasteiger partial charge < -0.3 is 14.9 Å². The Hall–Kier alpha value is -2.21. The largest absolute Gasteiger partial charge is 0.392 e. The summed E-state index contributed by atoms with van der Waals surface area (Å²) in [6, 6.07) is 7.51. The van der Waals surface area contributed by atoms with Crippen molar-refractivity contribution in [2.24, 2.45) is 0 Å². The molecule has 0 spiro atoms. The second-order valence-electron chi connectivity index (χ2n) is 6.82. The van der Waals surface area contributed by atoms with E-state index in [4.69, 9.17) is 4.52 Å². The number of carbonyl (C=O) groups excluding carboxylic acids is 1. The van der Waals surface area contributed by atoms with E-state index in [0.717, 1.165) is 11.1 Å². The zero-order chi connectivity index (χ0) is 17.6. The number of carbonyl (C=O) groups is 1. The van der Waals surface area contributed by atoms with E-state index in [0.29, 0.717) is 37.5 Å². The highest BCUT2D eigenvalue weighted by Gasteiger charge is 2.20. The number of aliphatic hydroxyl groups is 1. The van der Waals surface area contributed by atoms with Gasteiger partial charge in [0.05, 0.1) is 6.61 Å². The Bertz CT molecular complexity index is 674. The minimum Gasteiger partial charge on any atom is -0.392 e. The van der Waals surface area contributed by atoms with Gasteiger partial charge in [0.25, 0.3) is 0 Å². The molecule has 0 aliphatic carbocycles. The number of aliphatic hydroxyl groups excluding tert-OH is 1. The van der Waals surface area contributed by atoms with Crippen molar-refractivity contribution in [3.8, 4) is 0 Å². The number of hydrogen-bond donors (Lipinski definition) is 2. The van der Waals surface area contributed by atoms with E-state index in [1.54, 1.807) is 0 Å². The van der Waals surface area contributed by atoms with Crippen LogP contribution in [0.3, 0.4) is 0 Å². The Balaban J connectivity index is 1.74. The van der Waals surface area contributed by atoms with E-state index in [-0.39, 0.29) is 17.9 Å². The Morgan fingerprint density at radius 2 is 1.96 bits per heavy atom. The first-order valence-electron chi connectivity index (χ1n) is 8.17. The van der Waals surface area contributed by atoms with Crippen LogP contribution in [0.4, 0.5) is 0 Å². The standard InChI is InChI=1S/C18H25N3O3/c1-18(2,3)17-20-16(24-21-17)10-6-9-15(23)19-11-13-7-4-5-8-14(13)12-22/h4-5,7-8,22H,6,9-12H2,1-3H3,(H,19,23). The molecule has 2 N–H and O–H groups in total. The fourth-order valence-corrected chi connectivity index (χ4v) is 2.23. The van der Waals surface area contributed by atoms with Crippen LogP contribution in [0.25, 0.3) is 0 Å². The Morgan fingerprint density at radius 1 is 1.25 bits per heavy atom. The van der Waals surface area contributed by atoms with Gasteiger partial charge in [0, 0.05) is 24.8 Å². The quantitative estimate of drug-likeness (QED) is 0.814. The highest BCUT2D eigenvalue weighted by atomic mass is 16.5. The molecular weight excluding hydrogens is 306 g/mol. The molecule has 2 rings (SSSR count). The van der Waals surface area contributed by atoms with Gasteiger partial charge in [0.1, 0.15) is 0 Å². The zero-order valence-corrected chi connectivity index (χ0v) is 14.5. The van der Waals surface area contributed by atoms with Gasteiger partial charge in [0.15, 0.2) is 5.82 Å².